The van der Waals surface area contributed by atoms with E-state index in [-0.39, 0.29) is 35.7 Å². The molecule has 8 aliphatic rings. The van der Waals surface area contributed by atoms with Crippen LogP contribution < -0.4 is 0 Å². The van der Waals surface area contributed by atoms with Crippen molar-refractivity contribution in [1.82, 2.24) is 0 Å². The number of carbonyl (C=O) groups is 4. The summed E-state index contributed by atoms with van der Waals surface area (Å²) in [6, 6.07) is -1.23. The molecule has 0 aromatic rings. The van der Waals surface area contributed by atoms with Crippen LogP contribution in [0.3, 0.4) is 0 Å². The smallest absolute Gasteiger partial charge is 0.340 e. The van der Waals surface area contributed by atoms with Crippen LogP contribution in [0.1, 0.15) is 80.1 Å². The summed E-state index contributed by atoms with van der Waals surface area (Å²) in [5, 5.41) is 35.7. The Bertz CT molecular complexity index is 1970. The Hall–Kier alpha value is -2.68. The molecule has 0 amide bonds. The first-order valence-corrected chi connectivity index (χ1v) is 21.0. The van der Waals surface area contributed by atoms with Crippen LogP contribution in [0.2, 0.25) is 0 Å². The average molecular weight is 823 g/mol. The fourth-order valence-electron chi connectivity index (χ4n) is 14.6. The van der Waals surface area contributed by atoms with Gasteiger partial charge in [-0.25, -0.2) is 26.7 Å². The molecular weight excluding hydrogens is 772 g/mol. The number of hydrogen-bond donors (Lipinski definition) is 3. The van der Waals surface area contributed by atoms with Gasteiger partial charge in [0.05, 0.1) is 12.2 Å². The van der Waals surface area contributed by atoms with E-state index in [4.69, 9.17) is 4.74 Å². The van der Waals surface area contributed by atoms with Crippen LogP contribution in [0.4, 0.5) is 22.0 Å². The Morgan fingerprint density at radius 2 is 1.19 bits per heavy atom. The largest absolute Gasteiger partial charge is 0.447 e. The number of hydrogen-bond acceptors (Lipinski definition) is 9. The molecule has 18 atom stereocenters. The molecule has 3 N–H and O–H groups in total. The van der Waals surface area contributed by atoms with Gasteiger partial charge in [-0.3, -0.25) is 14.4 Å². The Kier molecular flexibility index (Phi) is 8.96. The molecule has 312 valence electrons. The van der Waals surface area contributed by atoms with Crippen LogP contribution in [0, 0.1) is 57.2 Å². The van der Waals surface area contributed by atoms with E-state index in [1.54, 1.807) is 20.8 Å². The lowest BCUT2D eigenvalue weighted by atomic mass is 9.44. The summed E-state index contributed by atoms with van der Waals surface area (Å²) in [5.74, 6) is -8.56. The molecule has 6 fully saturated rings. The fourth-order valence-corrected chi connectivity index (χ4v) is 15.4. The summed E-state index contributed by atoms with van der Waals surface area (Å²) in [6.07, 6.45) is -2.14. The first-order chi connectivity index (χ1) is 26.4. The molecule has 0 bridgehead atoms. The minimum absolute atomic E-state index is 0.00122. The van der Waals surface area contributed by atoms with Crippen molar-refractivity contribution in [2.24, 2.45) is 57.2 Å². The number of halogens is 5. The molecular formula is C43H51F5O8S. The number of aliphatic hydroxyl groups is 3. The molecule has 8 aliphatic carbocycles. The van der Waals surface area contributed by atoms with Crippen molar-refractivity contribution in [2.45, 2.75) is 127 Å². The summed E-state index contributed by atoms with van der Waals surface area (Å²) in [6.45, 7) is 9.05. The Morgan fingerprint density at radius 3 is 1.67 bits per heavy atom. The van der Waals surface area contributed by atoms with E-state index < -0.39 is 159 Å². The van der Waals surface area contributed by atoms with Gasteiger partial charge in [-0.15, -0.1) is 0 Å². The standard InChI is InChI=1S/C43H51F5O8S/c1-20-11-24-26-15-30(45)28-13-22(49)7-9-36(28,3)40(26,47)32(51)17-38(24,5)42(20,55)34(53)56-43(35(54)57-19-44)21(2)12-25-27-16-31(46)29-14-23(50)8-10-37(29,4)41(27,48)33(52)18-39(25,43)6/h7-10,13-14,20-21,24-27,30-33,51-52,55H,11-12,15-19H2,1-6H3. The van der Waals surface area contributed by atoms with E-state index in [2.05, 4.69) is 0 Å². The van der Waals surface area contributed by atoms with Crippen molar-refractivity contribution in [3.63, 3.8) is 0 Å². The topological polar surface area (TPSA) is 138 Å². The van der Waals surface area contributed by atoms with Crippen molar-refractivity contribution < 1.29 is 61.2 Å². The van der Waals surface area contributed by atoms with Gasteiger partial charge < -0.3 is 20.1 Å². The molecule has 0 heterocycles. The third-order valence-electron chi connectivity index (χ3n) is 17.4. The van der Waals surface area contributed by atoms with Gasteiger partial charge in [0.25, 0.3) is 0 Å². The first-order valence-electron chi connectivity index (χ1n) is 20.0. The van der Waals surface area contributed by atoms with E-state index in [1.165, 1.54) is 32.9 Å². The number of alkyl halides is 5. The van der Waals surface area contributed by atoms with Gasteiger partial charge in [-0.05, 0) is 117 Å². The van der Waals surface area contributed by atoms with Gasteiger partial charge in [-0.1, -0.05) is 39.8 Å². The summed E-state index contributed by atoms with van der Waals surface area (Å²) in [4.78, 5) is 54.1. The van der Waals surface area contributed by atoms with Crippen molar-refractivity contribution in [3.05, 3.63) is 47.6 Å². The summed E-state index contributed by atoms with van der Waals surface area (Å²) in [5.41, 5.74) is -16.7. The number of ketones is 2. The summed E-state index contributed by atoms with van der Waals surface area (Å²) in [7, 11) is 0. The zero-order valence-corrected chi connectivity index (χ0v) is 33.7. The van der Waals surface area contributed by atoms with Gasteiger partial charge >= 0.3 is 5.97 Å². The number of allylic oxidation sites excluding steroid dienone is 8. The van der Waals surface area contributed by atoms with Crippen LogP contribution in [0.5, 0.6) is 0 Å². The van der Waals surface area contributed by atoms with Crippen molar-refractivity contribution >= 4 is 34.4 Å². The highest BCUT2D eigenvalue weighted by Gasteiger charge is 2.81. The molecule has 6 saturated carbocycles. The Labute approximate surface area is 332 Å². The fraction of sp³-hybridized carbons (Fsp3) is 0.721. The van der Waals surface area contributed by atoms with E-state index in [9.17, 15) is 34.1 Å². The van der Waals surface area contributed by atoms with E-state index in [0.29, 0.717) is 0 Å². The number of esters is 1. The minimum Gasteiger partial charge on any atom is -0.447 e. The number of carbonyl (C=O) groups excluding carboxylic acids is 4. The Morgan fingerprint density at radius 1 is 0.754 bits per heavy atom. The molecule has 0 aromatic heterocycles. The third-order valence-corrected chi connectivity index (χ3v) is 18.1. The van der Waals surface area contributed by atoms with Crippen LogP contribution >= 0.6 is 11.8 Å². The molecule has 0 aliphatic heterocycles. The maximum Gasteiger partial charge on any atom is 0.340 e. The molecule has 14 heteroatoms. The number of fused-ring (bicyclic) bond motifs is 10. The van der Waals surface area contributed by atoms with Gasteiger partial charge in [0.1, 0.15) is 18.3 Å². The molecule has 18 unspecified atom stereocenters. The van der Waals surface area contributed by atoms with E-state index >= 15 is 22.4 Å². The second-order valence-electron chi connectivity index (χ2n) is 19.4. The molecule has 8 nitrogen and oxygen atoms in total. The maximum atomic E-state index is 18.0. The Balaban J connectivity index is 1.19. The lowest BCUT2D eigenvalue weighted by Crippen LogP contribution is -2.72. The summed E-state index contributed by atoms with van der Waals surface area (Å²) >= 11 is 0.226. The third kappa shape index (κ3) is 4.57. The van der Waals surface area contributed by atoms with Crippen LogP contribution in [-0.4, -0.2) is 91.1 Å². The van der Waals surface area contributed by atoms with Crippen molar-refractivity contribution in [3.8, 4) is 0 Å². The van der Waals surface area contributed by atoms with Gasteiger partial charge in [0.15, 0.2) is 34.1 Å². The van der Waals surface area contributed by atoms with Crippen molar-refractivity contribution in [1.29, 1.82) is 0 Å². The van der Waals surface area contributed by atoms with Crippen LogP contribution in [0.15, 0.2) is 47.6 Å². The summed E-state index contributed by atoms with van der Waals surface area (Å²) < 4.78 is 88.7. The van der Waals surface area contributed by atoms with Crippen molar-refractivity contribution in [2.75, 3.05) is 6.01 Å². The molecule has 57 heavy (non-hydrogen) atoms. The lowest BCUT2D eigenvalue weighted by Gasteiger charge is -2.63. The highest BCUT2D eigenvalue weighted by atomic mass is 32.2. The molecule has 0 saturated heterocycles. The molecule has 0 spiro atoms. The highest BCUT2D eigenvalue weighted by molar-refractivity contribution is 8.13. The zero-order valence-electron chi connectivity index (χ0n) is 32.9. The number of thioether (sulfide) groups is 1. The molecule has 0 radical (unpaired) electrons. The SMILES string of the molecule is CC1CC2C3CC(F)C4=CC(=O)C=CC4(C)C3(F)C(O)CC2(C)C1(O)C(=O)OC1(C(=O)SCF)C(C)CC2C3CC(F)C4=CC(=O)C=CC4(C)C3(F)C(O)CC21C. The maximum absolute atomic E-state index is 18.0. The van der Waals surface area contributed by atoms with Crippen LogP contribution in [0.25, 0.3) is 0 Å². The predicted octanol–water partition coefficient (Wildman–Crippen LogP) is 6.32. The minimum atomic E-state index is -2.52. The molecule has 8 rings (SSSR count). The number of aliphatic hydroxyl groups excluding tert-OH is 2. The first kappa shape index (κ1) is 41.1. The number of rotatable bonds is 4. The van der Waals surface area contributed by atoms with Gasteiger partial charge in [0.2, 0.25) is 5.12 Å². The predicted molar refractivity (Wildman–Crippen MR) is 199 cm³/mol. The highest BCUT2D eigenvalue weighted by Crippen LogP contribution is 2.74. The van der Waals surface area contributed by atoms with Gasteiger partial charge in [0, 0.05) is 39.4 Å². The van der Waals surface area contributed by atoms with E-state index in [0.717, 1.165) is 24.3 Å². The zero-order chi connectivity index (χ0) is 41.8. The normalized spacial score (nSPS) is 54.7. The second-order valence-corrected chi connectivity index (χ2v) is 20.3. The lowest BCUT2D eigenvalue weighted by molar-refractivity contribution is -0.250. The van der Waals surface area contributed by atoms with Crippen LogP contribution in [-0.2, 0) is 23.9 Å². The molecule has 0 aromatic carbocycles. The van der Waals surface area contributed by atoms with Gasteiger partial charge in [-0.2, -0.15) is 0 Å². The van der Waals surface area contributed by atoms with E-state index in [1.807, 2.05) is 0 Å². The number of ether oxygens (including phenoxy) is 1. The second kappa shape index (κ2) is 12.4. The monoisotopic (exact) mass is 822 g/mol. The average Bonchev–Trinajstić information content (AvgIpc) is 3.48. The quantitative estimate of drug-likeness (QED) is 0.220.